The van der Waals surface area contributed by atoms with Gasteiger partial charge >= 0.3 is 0 Å². The van der Waals surface area contributed by atoms with E-state index < -0.39 is 0 Å². The minimum Gasteiger partial charge on any atom is -0.309 e. The van der Waals surface area contributed by atoms with Gasteiger partial charge in [0, 0.05) is 49.8 Å². The van der Waals surface area contributed by atoms with Gasteiger partial charge in [-0.3, -0.25) is 0 Å². The van der Waals surface area contributed by atoms with E-state index in [2.05, 4.69) is 144 Å². The molecule has 0 spiro atoms. The summed E-state index contributed by atoms with van der Waals surface area (Å²) in [6.07, 6.45) is 0. The lowest BCUT2D eigenvalue weighted by Gasteiger charge is -2.13. The quantitative estimate of drug-likeness (QED) is 0.136. The fourth-order valence-corrected chi connectivity index (χ4v) is 9.79. The van der Waals surface area contributed by atoms with Gasteiger partial charge in [-0.25, -0.2) is 29.9 Å². The highest BCUT2D eigenvalue weighted by Crippen LogP contribution is 2.41. The zero-order chi connectivity index (χ0) is 48.5. The average Bonchev–Trinajstić information content (AvgIpc) is 3.81. The Morgan fingerprint density at radius 1 is 0.205 bits per heavy atom. The van der Waals surface area contributed by atoms with Gasteiger partial charge in [0.2, 0.25) is 0 Å². The van der Waals surface area contributed by atoms with E-state index in [0.29, 0.717) is 34.9 Å². The van der Waals surface area contributed by atoms with Crippen LogP contribution < -0.4 is 0 Å². The largest absolute Gasteiger partial charge is 0.309 e. The molecule has 3 aromatic heterocycles. The van der Waals surface area contributed by atoms with Crippen LogP contribution in [0.5, 0.6) is 0 Å². The van der Waals surface area contributed by atoms with Gasteiger partial charge in [-0.1, -0.05) is 224 Å². The van der Waals surface area contributed by atoms with Crippen LogP contribution >= 0.6 is 0 Å². The van der Waals surface area contributed by atoms with E-state index in [0.717, 1.165) is 88.7 Å². The highest BCUT2D eigenvalue weighted by Gasteiger charge is 2.21. The number of benzene rings is 10. The smallest absolute Gasteiger partial charge is 0.164 e. The zero-order valence-corrected chi connectivity index (χ0v) is 39.5. The Morgan fingerprint density at radius 2 is 0.479 bits per heavy atom. The predicted molar refractivity (Wildman–Crippen MR) is 296 cm³/mol. The minimum absolute atomic E-state index is 0.604. The topological polar surface area (TPSA) is 82.3 Å². The van der Waals surface area contributed by atoms with Crippen LogP contribution in [-0.2, 0) is 0 Å². The molecule has 0 saturated heterocycles. The second-order valence-corrected chi connectivity index (χ2v) is 17.9. The summed E-state index contributed by atoms with van der Waals surface area (Å²) < 4.78 is 2.37. The molecule has 0 aliphatic carbocycles. The molecule has 10 aromatic carbocycles. The van der Waals surface area contributed by atoms with Crippen LogP contribution in [0.4, 0.5) is 0 Å². The van der Waals surface area contributed by atoms with Crippen molar-refractivity contribution in [1.29, 1.82) is 0 Å². The van der Waals surface area contributed by atoms with Crippen LogP contribution in [0.1, 0.15) is 0 Å². The van der Waals surface area contributed by atoms with Crippen molar-refractivity contribution in [3.8, 4) is 107 Å². The third kappa shape index (κ3) is 8.30. The van der Waals surface area contributed by atoms with Gasteiger partial charge in [0.1, 0.15) is 0 Å². The van der Waals surface area contributed by atoms with Gasteiger partial charge in [-0.05, 0) is 69.8 Å². The maximum atomic E-state index is 5.15. The molecule has 0 amide bonds. The molecule has 3 heterocycles. The molecule has 342 valence electrons. The standard InChI is InChI=1S/C66H43N7/c1-6-20-44(21-7-1)45-34-38-52(39-35-45)73-59-40-36-50(53-30-16-18-32-55(53)65-69-61(46-22-8-2-9-23-46)67-62(70-65)47-24-10-3-11-25-47)42-57(59)58-43-51(37-41-60(58)73)54-31-17-19-33-56(54)66-71-63(48-26-12-4-13-27-48)68-64(72-66)49-28-14-5-15-29-49/h1-43H. The lowest BCUT2D eigenvalue weighted by atomic mass is 9.95. The molecule has 0 radical (unpaired) electrons. The van der Waals surface area contributed by atoms with E-state index in [-0.39, 0.29) is 0 Å². The maximum absolute atomic E-state index is 5.15. The summed E-state index contributed by atoms with van der Waals surface area (Å²) in [7, 11) is 0. The minimum atomic E-state index is 0.604. The van der Waals surface area contributed by atoms with E-state index in [1.165, 1.54) is 5.56 Å². The highest BCUT2D eigenvalue weighted by atomic mass is 15.0. The van der Waals surface area contributed by atoms with Crippen LogP contribution in [0.15, 0.2) is 261 Å². The van der Waals surface area contributed by atoms with E-state index in [1.54, 1.807) is 0 Å². The number of fused-ring (bicyclic) bond motifs is 3. The molecule has 7 heteroatoms. The molecule has 0 saturated carbocycles. The number of hydrogen-bond acceptors (Lipinski definition) is 6. The lowest BCUT2D eigenvalue weighted by Crippen LogP contribution is -2.01. The Hall–Kier alpha value is -9.98. The first-order valence-corrected chi connectivity index (χ1v) is 24.4. The van der Waals surface area contributed by atoms with Crippen molar-refractivity contribution in [3.05, 3.63) is 261 Å². The van der Waals surface area contributed by atoms with Crippen molar-refractivity contribution in [1.82, 2.24) is 34.5 Å². The average molecular weight is 934 g/mol. The lowest BCUT2D eigenvalue weighted by molar-refractivity contribution is 1.07. The number of nitrogens with zero attached hydrogens (tertiary/aromatic N) is 7. The van der Waals surface area contributed by atoms with Crippen molar-refractivity contribution >= 4 is 21.8 Å². The van der Waals surface area contributed by atoms with Crippen LogP contribution in [0.3, 0.4) is 0 Å². The van der Waals surface area contributed by atoms with Crippen LogP contribution in [0.2, 0.25) is 0 Å². The van der Waals surface area contributed by atoms with Gasteiger partial charge in [0.25, 0.3) is 0 Å². The molecule has 0 aliphatic heterocycles. The fourth-order valence-electron chi connectivity index (χ4n) is 9.79. The molecule has 0 N–H and O–H groups in total. The normalized spacial score (nSPS) is 11.3. The molecule has 0 bridgehead atoms. The molecule has 13 rings (SSSR count). The summed E-state index contributed by atoms with van der Waals surface area (Å²) in [5.41, 5.74) is 15.2. The van der Waals surface area contributed by atoms with Crippen LogP contribution in [0.25, 0.3) is 129 Å². The number of rotatable bonds is 10. The van der Waals surface area contributed by atoms with Crippen LogP contribution in [0, 0.1) is 0 Å². The van der Waals surface area contributed by atoms with E-state index >= 15 is 0 Å². The SMILES string of the molecule is c1ccc(-c2ccc(-n3c4ccc(-c5ccccc5-c5nc(-c6ccccc6)nc(-c6ccccc6)n5)cc4c4cc(-c5ccccc5-c5nc(-c6ccccc6)nc(-c6ccccc6)n5)ccc43)cc2)cc1. The predicted octanol–water partition coefficient (Wildman–Crippen LogP) is 16.2. The molecule has 73 heavy (non-hydrogen) atoms. The van der Waals surface area contributed by atoms with E-state index in [9.17, 15) is 0 Å². The zero-order valence-electron chi connectivity index (χ0n) is 39.5. The van der Waals surface area contributed by atoms with Gasteiger partial charge in [0.15, 0.2) is 34.9 Å². The fraction of sp³-hybridized carbons (Fsp3) is 0. The monoisotopic (exact) mass is 933 g/mol. The summed E-state index contributed by atoms with van der Waals surface area (Å²) in [6, 6.07) is 90.2. The molecule has 7 nitrogen and oxygen atoms in total. The summed E-state index contributed by atoms with van der Waals surface area (Å²) in [4.78, 5) is 30.6. The summed E-state index contributed by atoms with van der Waals surface area (Å²) in [6.45, 7) is 0. The molecule has 0 unspecified atom stereocenters. The Bertz CT molecular complexity index is 3760. The number of hydrogen-bond donors (Lipinski definition) is 0. The third-order valence-electron chi connectivity index (χ3n) is 13.4. The molecular formula is C66H43N7. The van der Waals surface area contributed by atoms with Crippen LogP contribution in [-0.4, -0.2) is 34.5 Å². The first kappa shape index (κ1) is 43.1. The van der Waals surface area contributed by atoms with Gasteiger partial charge in [-0.2, -0.15) is 0 Å². The van der Waals surface area contributed by atoms with Crippen molar-refractivity contribution in [2.45, 2.75) is 0 Å². The van der Waals surface area contributed by atoms with E-state index in [4.69, 9.17) is 29.9 Å². The molecule has 13 aromatic rings. The Kier molecular flexibility index (Phi) is 11.1. The van der Waals surface area contributed by atoms with E-state index in [1.807, 2.05) is 121 Å². The Morgan fingerprint density at radius 3 is 0.836 bits per heavy atom. The van der Waals surface area contributed by atoms with Crippen molar-refractivity contribution < 1.29 is 0 Å². The second-order valence-electron chi connectivity index (χ2n) is 17.9. The Labute approximate surface area is 422 Å². The Balaban J connectivity index is 0.995. The maximum Gasteiger partial charge on any atom is 0.164 e. The van der Waals surface area contributed by atoms with Gasteiger partial charge < -0.3 is 4.57 Å². The summed E-state index contributed by atoms with van der Waals surface area (Å²) in [5.74, 6) is 3.68. The highest BCUT2D eigenvalue weighted by molar-refractivity contribution is 6.12. The van der Waals surface area contributed by atoms with Gasteiger partial charge in [-0.15, -0.1) is 0 Å². The van der Waals surface area contributed by atoms with Gasteiger partial charge in [0.05, 0.1) is 11.0 Å². The summed E-state index contributed by atoms with van der Waals surface area (Å²) >= 11 is 0. The first-order valence-electron chi connectivity index (χ1n) is 24.4. The molecule has 0 aliphatic rings. The molecule has 0 fully saturated rings. The van der Waals surface area contributed by atoms with Crippen molar-refractivity contribution in [3.63, 3.8) is 0 Å². The molecular weight excluding hydrogens is 891 g/mol. The third-order valence-corrected chi connectivity index (χ3v) is 13.4. The number of aromatic nitrogens is 7. The first-order chi connectivity index (χ1) is 36.2. The summed E-state index contributed by atoms with van der Waals surface area (Å²) in [5, 5.41) is 2.22. The van der Waals surface area contributed by atoms with Crippen molar-refractivity contribution in [2.75, 3.05) is 0 Å². The second kappa shape index (κ2) is 18.7. The molecule has 0 atom stereocenters. The van der Waals surface area contributed by atoms with Crippen molar-refractivity contribution in [2.24, 2.45) is 0 Å².